The van der Waals surface area contributed by atoms with E-state index in [1.165, 1.54) is 44.1 Å². The lowest BCUT2D eigenvalue weighted by molar-refractivity contribution is 0.404. The second kappa shape index (κ2) is 9.48. The molecule has 4 aromatic carbocycles. The van der Waals surface area contributed by atoms with Gasteiger partial charge >= 0.3 is 0 Å². The molecule has 0 heterocycles. The van der Waals surface area contributed by atoms with Crippen LogP contribution in [0.3, 0.4) is 0 Å². The number of benzene rings is 4. The molecule has 0 amide bonds. The first-order chi connectivity index (χ1) is 16.6. The zero-order valence-electron chi connectivity index (χ0n) is 20.5. The molecule has 5 rings (SSSR count). The Morgan fingerprint density at radius 1 is 0.765 bits per heavy atom. The SMILES string of the molecule is COc1c(C2C=Cc3ccccc32)cc(C)c([SiH](C)C)c1C(c1ccccc1)c1ccccc1. The minimum atomic E-state index is -1.17. The molecule has 1 atom stereocenters. The van der Waals surface area contributed by atoms with Gasteiger partial charge < -0.3 is 4.74 Å². The largest absolute Gasteiger partial charge is 0.496 e. The molecule has 0 spiro atoms. The third-order valence-electron chi connectivity index (χ3n) is 7.06. The van der Waals surface area contributed by atoms with Crippen molar-refractivity contribution < 1.29 is 4.74 Å². The van der Waals surface area contributed by atoms with Gasteiger partial charge in [-0.1, -0.05) is 127 Å². The van der Waals surface area contributed by atoms with E-state index in [0.29, 0.717) is 0 Å². The zero-order valence-corrected chi connectivity index (χ0v) is 21.6. The predicted molar refractivity (Wildman–Crippen MR) is 147 cm³/mol. The summed E-state index contributed by atoms with van der Waals surface area (Å²) in [5.41, 5.74) is 9.29. The van der Waals surface area contributed by atoms with Gasteiger partial charge in [-0.2, -0.15) is 0 Å². The van der Waals surface area contributed by atoms with Crippen LogP contribution >= 0.6 is 0 Å². The van der Waals surface area contributed by atoms with Crippen LogP contribution in [-0.4, -0.2) is 15.9 Å². The van der Waals surface area contributed by atoms with Crippen LogP contribution in [-0.2, 0) is 0 Å². The Kier molecular flexibility index (Phi) is 6.25. The monoisotopic (exact) mass is 460 g/mol. The molecule has 170 valence electrons. The highest BCUT2D eigenvalue weighted by atomic mass is 28.3. The van der Waals surface area contributed by atoms with Crippen LogP contribution in [0, 0.1) is 6.92 Å². The Morgan fingerprint density at radius 3 is 1.94 bits per heavy atom. The molecular formula is C32H32OSi. The Morgan fingerprint density at radius 2 is 1.35 bits per heavy atom. The van der Waals surface area contributed by atoms with Crippen molar-refractivity contribution in [3.63, 3.8) is 0 Å². The van der Waals surface area contributed by atoms with Crippen molar-refractivity contribution >= 4 is 20.1 Å². The summed E-state index contributed by atoms with van der Waals surface area (Å²) in [6.07, 6.45) is 4.59. The van der Waals surface area contributed by atoms with E-state index >= 15 is 0 Å². The number of methoxy groups -OCH3 is 1. The van der Waals surface area contributed by atoms with Gasteiger partial charge in [0.05, 0.1) is 15.9 Å². The van der Waals surface area contributed by atoms with Crippen LogP contribution in [0.2, 0.25) is 13.1 Å². The average molecular weight is 461 g/mol. The second-order valence-corrected chi connectivity index (χ2v) is 12.4. The molecule has 0 aliphatic heterocycles. The molecule has 0 saturated carbocycles. The lowest BCUT2D eigenvalue weighted by Crippen LogP contribution is -2.33. The summed E-state index contributed by atoms with van der Waals surface area (Å²) >= 11 is 0. The molecule has 0 bridgehead atoms. The lowest BCUT2D eigenvalue weighted by atomic mass is 9.80. The number of allylic oxidation sites excluding steroid dienone is 1. The molecule has 2 heteroatoms. The van der Waals surface area contributed by atoms with Crippen molar-refractivity contribution in [1.82, 2.24) is 0 Å². The quantitative estimate of drug-likeness (QED) is 0.222. The highest BCUT2D eigenvalue weighted by Crippen LogP contribution is 2.45. The Bertz CT molecular complexity index is 1280. The van der Waals surface area contributed by atoms with E-state index in [2.05, 4.69) is 123 Å². The van der Waals surface area contributed by atoms with E-state index in [1.807, 2.05) is 7.11 Å². The van der Waals surface area contributed by atoms with Gasteiger partial charge in [0.2, 0.25) is 0 Å². The zero-order chi connectivity index (χ0) is 23.7. The first-order valence-corrected chi connectivity index (χ1v) is 15.1. The maximum absolute atomic E-state index is 6.36. The van der Waals surface area contributed by atoms with Crippen LogP contribution in [0.15, 0.2) is 97.1 Å². The molecule has 34 heavy (non-hydrogen) atoms. The molecule has 1 aliphatic carbocycles. The van der Waals surface area contributed by atoms with Crippen molar-refractivity contribution in [2.24, 2.45) is 0 Å². The normalized spacial score (nSPS) is 14.6. The molecule has 4 aromatic rings. The molecule has 1 nitrogen and oxygen atoms in total. The summed E-state index contributed by atoms with van der Waals surface area (Å²) in [4.78, 5) is 0. The fraction of sp³-hybridized carbons (Fsp3) is 0.188. The van der Waals surface area contributed by atoms with Crippen LogP contribution in [0.1, 0.15) is 50.8 Å². The van der Waals surface area contributed by atoms with E-state index < -0.39 is 8.80 Å². The van der Waals surface area contributed by atoms with Gasteiger partial charge in [0.15, 0.2) is 0 Å². The van der Waals surface area contributed by atoms with Gasteiger partial charge in [0.25, 0.3) is 0 Å². The van der Waals surface area contributed by atoms with Crippen LogP contribution in [0.4, 0.5) is 0 Å². The summed E-state index contributed by atoms with van der Waals surface area (Å²) in [6.45, 7) is 7.16. The average Bonchev–Trinajstić information content (AvgIpc) is 3.29. The van der Waals surface area contributed by atoms with Crippen molar-refractivity contribution in [1.29, 1.82) is 0 Å². The standard InChI is InChI=1S/C32H32OSi/c1-22-21-28(27-20-19-23-13-11-12-18-26(23)27)31(33-2)30(32(22)34(3)4)29(24-14-7-5-8-15-24)25-16-9-6-10-17-25/h5-21,27,29,34H,1-4H3. The van der Waals surface area contributed by atoms with Gasteiger partial charge in [-0.05, 0) is 29.2 Å². The topological polar surface area (TPSA) is 9.23 Å². The first kappa shape index (κ1) is 22.4. The summed E-state index contributed by atoms with van der Waals surface area (Å²) in [7, 11) is 0.676. The third kappa shape index (κ3) is 3.93. The molecular weight excluding hydrogens is 428 g/mol. The van der Waals surface area contributed by atoms with E-state index in [0.717, 1.165) is 5.75 Å². The van der Waals surface area contributed by atoms with Gasteiger partial charge in [-0.3, -0.25) is 0 Å². The maximum Gasteiger partial charge on any atom is 0.127 e. The Hall–Kier alpha value is -3.36. The van der Waals surface area contributed by atoms with Gasteiger partial charge in [-0.25, -0.2) is 0 Å². The number of ether oxygens (including phenoxy) is 1. The first-order valence-electron chi connectivity index (χ1n) is 12.2. The highest BCUT2D eigenvalue weighted by molar-refractivity contribution is 6.71. The van der Waals surface area contributed by atoms with E-state index in [9.17, 15) is 0 Å². The maximum atomic E-state index is 6.36. The minimum Gasteiger partial charge on any atom is -0.496 e. The molecule has 0 radical (unpaired) electrons. The van der Waals surface area contributed by atoms with Crippen molar-refractivity contribution in [3.8, 4) is 5.75 Å². The predicted octanol–water partition coefficient (Wildman–Crippen LogP) is 7.04. The van der Waals surface area contributed by atoms with E-state index in [-0.39, 0.29) is 11.8 Å². The Labute approximate surface area is 205 Å². The van der Waals surface area contributed by atoms with E-state index in [4.69, 9.17) is 4.74 Å². The van der Waals surface area contributed by atoms with Crippen LogP contribution in [0.5, 0.6) is 5.75 Å². The van der Waals surface area contributed by atoms with Gasteiger partial charge in [-0.15, -0.1) is 0 Å². The fourth-order valence-electron chi connectivity index (χ4n) is 5.72. The van der Waals surface area contributed by atoms with Crippen molar-refractivity contribution in [3.05, 3.63) is 136 Å². The van der Waals surface area contributed by atoms with Crippen molar-refractivity contribution in [2.45, 2.75) is 31.9 Å². The smallest absolute Gasteiger partial charge is 0.127 e. The molecule has 0 fully saturated rings. The summed E-state index contributed by atoms with van der Waals surface area (Å²) in [6, 6.07) is 33.0. The summed E-state index contributed by atoms with van der Waals surface area (Å²) in [5.74, 6) is 1.38. The number of hydrogen-bond donors (Lipinski definition) is 0. The molecule has 0 aromatic heterocycles. The molecule has 0 N–H and O–H groups in total. The Balaban J connectivity index is 1.82. The highest BCUT2D eigenvalue weighted by Gasteiger charge is 2.31. The van der Waals surface area contributed by atoms with Gasteiger partial charge in [0, 0.05) is 23.0 Å². The second-order valence-electron chi connectivity index (χ2n) is 9.52. The summed E-state index contributed by atoms with van der Waals surface area (Å²) < 4.78 is 6.36. The van der Waals surface area contributed by atoms with Crippen LogP contribution in [0.25, 0.3) is 6.08 Å². The third-order valence-corrected chi connectivity index (χ3v) is 8.99. The summed E-state index contributed by atoms with van der Waals surface area (Å²) in [5, 5.41) is 1.52. The molecule has 1 unspecified atom stereocenters. The number of hydrogen-bond acceptors (Lipinski definition) is 1. The van der Waals surface area contributed by atoms with Gasteiger partial charge in [0.1, 0.15) is 5.75 Å². The molecule has 1 aliphatic rings. The molecule has 0 saturated heterocycles. The van der Waals surface area contributed by atoms with Crippen LogP contribution < -0.4 is 9.92 Å². The number of aryl methyl sites for hydroxylation is 1. The van der Waals surface area contributed by atoms with E-state index in [1.54, 1.807) is 0 Å². The lowest BCUT2D eigenvalue weighted by Gasteiger charge is -2.30. The number of fused-ring (bicyclic) bond motifs is 1. The minimum absolute atomic E-state index is 0.126. The number of rotatable bonds is 6. The van der Waals surface area contributed by atoms with Crippen molar-refractivity contribution in [2.75, 3.05) is 7.11 Å². The fourth-order valence-corrected chi connectivity index (χ4v) is 7.63.